The number of nitrogens with zero attached hydrogens (tertiary/aromatic N) is 1. The zero-order valence-electron chi connectivity index (χ0n) is 21.1. The molecule has 1 aliphatic carbocycles. The summed E-state index contributed by atoms with van der Waals surface area (Å²) in [5.41, 5.74) is 4.77. The summed E-state index contributed by atoms with van der Waals surface area (Å²) in [6.07, 6.45) is 0. The smallest absolute Gasteiger partial charge is 0.348 e. The van der Waals surface area contributed by atoms with Crippen LogP contribution in [0.25, 0.3) is 11.1 Å². The number of anilines is 1. The largest absolute Gasteiger partial charge is 0.462 e. The van der Waals surface area contributed by atoms with Crippen LogP contribution >= 0.6 is 0 Å². The fourth-order valence-corrected chi connectivity index (χ4v) is 5.72. The Bertz CT molecular complexity index is 1400. The summed E-state index contributed by atoms with van der Waals surface area (Å²) in [6, 6.07) is 33.0. The lowest BCUT2D eigenvalue weighted by atomic mass is 9.97. The van der Waals surface area contributed by atoms with Crippen LogP contribution in [-0.4, -0.2) is 37.9 Å². The van der Waals surface area contributed by atoms with Crippen molar-refractivity contribution in [2.24, 2.45) is 0 Å². The Kier molecular flexibility index (Phi) is 6.66. The summed E-state index contributed by atoms with van der Waals surface area (Å²) in [5.74, 6) is -0.853. The van der Waals surface area contributed by atoms with Gasteiger partial charge in [-0.2, -0.15) is 0 Å². The van der Waals surface area contributed by atoms with Gasteiger partial charge in [0, 0.05) is 32.1 Å². The van der Waals surface area contributed by atoms with Gasteiger partial charge in [-0.15, -0.1) is 0 Å². The highest BCUT2D eigenvalue weighted by Crippen LogP contribution is 2.44. The number of nitrogens with one attached hydrogen (secondary N) is 2. The zero-order valence-corrected chi connectivity index (χ0v) is 21.1. The number of carbonyl (C=O) groups is 1. The molecule has 1 fully saturated rings. The minimum Gasteiger partial charge on any atom is -0.462 e. The molecule has 6 rings (SSSR count). The monoisotopic (exact) mass is 507 g/mol. The molecule has 2 aliphatic rings. The van der Waals surface area contributed by atoms with Crippen LogP contribution in [0.3, 0.4) is 0 Å². The molecule has 1 saturated heterocycles. The van der Waals surface area contributed by atoms with Crippen LogP contribution in [0, 0.1) is 5.82 Å². The average molecular weight is 508 g/mol. The minimum absolute atomic E-state index is 0.0593. The minimum atomic E-state index is -1.28. The summed E-state index contributed by atoms with van der Waals surface area (Å²) in [7, 11) is 0. The molecule has 2 N–H and O–H groups in total. The fourth-order valence-electron chi connectivity index (χ4n) is 5.72. The maximum atomic E-state index is 15.1. The van der Waals surface area contributed by atoms with Gasteiger partial charge in [0.2, 0.25) is 5.66 Å². The second-order valence-electron chi connectivity index (χ2n) is 9.80. The highest BCUT2D eigenvalue weighted by atomic mass is 19.1. The lowest BCUT2D eigenvalue weighted by Crippen LogP contribution is -2.73. The van der Waals surface area contributed by atoms with Gasteiger partial charge >= 0.3 is 5.97 Å². The van der Waals surface area contributed by atoms with Crippen LogP contribution in [0.1, 0.15) is 22.6 Å². The van der Waals surface area contributed by atoms with Crippen molar-refractivity contribution >= 4 is 11.7 Å². The molecule has 0 aromatic heterocycles. The van der Waals surface area contributed by atoms with Crippen molar-refractivity contribution in [3.8, 4) is 11.1 Å². The van der Waals surface area contributed by atoms with E-state index in [0.29, 0.717) is 25.3 Å². The number of rotatable bonds is 7. The van der Waals surface area contributed by atoms with Crippen molar-refractivity contribution in [1.29, 1.82) is 0 Å². The molecule has 0 amide bonds. The number of esters is 1. The van der Waals surface area contributed by atoms with Gasteiger partial charge in [-0.05, 0) is 39.9 Å². The van der Waals surface area contributed by atoms with Crippen LogP contribution < -0.4 is 15.5 Å². The lowest BCUT2D eigenvalue weighted by Gasteiger charge is -2.47. The van der Waals surface area contributed by atoms with Gasteiger partial charge < -0.3 is 15.0 Å². The van der Waals surface area contributed by atoms with Crippen LogP contribution in [0.5, 0.6) is 0 Å². The van der Waals surface area contributed by atoms with E-state index in [1.807, 2.05) is 59.5 Å². The van der Waals surface area contributed by atoms with Crippen molar-refractivity contribution in [1.82, 2.24) is 10.6 Å². The van der Waals surface area contributed by atoms with Gasteiger partial charge in [-0.3, -0.25) is 5.32 Å². The number of para-hydroxylation sites is 1. The van der Waals surface area contributed by atoms with Crippen molar-refractivity contribution < 1.29 is 13.9 Å². The molecule has 0 saturated carbocycles. The topological polar surface area (TPSA) is 53.6 Å². The highest BCUT2D eigenvalue weighted by molar-refractivity contribution is 5.86. The van der Waals surface area contributed by atoms with Gasteiger partial charge in [-0.1, -0.05) is 91.0 Å². The van der Waals surface area contributed by atoms with E-state index < -0.39 is 11.6 Å². The molecule has 0 radical (unpaired) electrons. The van der Waals surface area contributed by atoms with Crippen molar-refractivity contribution in [3.05, 3.63) is 126 Å². The average Bonchev–Trinajstić information content (AvgIpc) is 3.29. The molecule has 1 atom stereocenters. The summed E-state index contributed by atoms with van der Waals surface area (Å²) in [5, 5.41) is 6.81. The van der Waals surface area contributed by atoms with E-state index in [0.717, 1.165) is 16.7 Å². The third-order valence-corrected chi connectivity index (χ3v) is 7.61. The van der Waals surface area contributed by atoms with Crippen molar-refractivity contribution in [2.45, 2.75) is 18.1 Å². The molecule has 1 aliphatic heterocycles. The molecular weight excluding hydrogens is 477 g/mol. The molecule has 5 nitrogen and oxygen atoms in total. The molecule has 6 heteroatoms. The van der Waals surface area contributed by atoms with E-state index in [2.05, 4.69) is 34.9 Å². The normalized spacial score (nSPS) is 18.6. The van der Waals surface area contributed by atoms with E-state index in [1.165, 1.54) is 17.2 Å². The van der Waals surface area contributed by atoms with E-state index in [1.54, 1.807) is 18.2 Å². The van der Waals surface area contributed by atoms with Crippen molar-refractivity contribution in [3.63, 3.8) is 0 Å². The van der Waals surface area contributed by atoms with E-state index in [4.69, 9.17) is 4.74 Å². The van der Waals surface area contributed by atoms with Crippen LogP contribution in [0.15, 0.2) is 103 Å². The van der Waals surface area contributed by atoms with E-state index in [-0.39, 0.29) is 24.9 Å². The first-order valence-electron chi connectivity index (χ1n) is 13.0. The molecular formula is C32H30FN3O2. The van der Waals surface area contributed by atoms with Crippen LogP contribution in [0.2, 0.25) is 0 Å². The number of halogens is 1. The highest BCUT2D eigenvalue weighted by Gasteiger charge is 2.48. The third kappa shape index (κ3) is 4.36. The van der Waals surface area contributed by atoms with Gasteiger partial charge in [0.1, 0.15) is 12.4 Å². The second kappa shape index (κ2) is 10.4. The molecule has 1 unspecified atom stereocenters. The van der Waals surface area contributed by atoms with Gasteiger partial charge in [-0.25, -0.2) is 9.18 Å². The van der Waals surface area contributed by atoms with E-state index >= 15 is 4.39 Å². The Morgan fingerprint density at radius 2 is 1.53 bits per heavy atom. The summed E-state index contributed by atoms with van der Waals surface area (Å²) >= 11 is 0. The quantitative estimate of drug-likeness (QED) is 0.342. The molecule has 38 heavy (non-hydrogen) atoms. The molecule has 0 bridgehead atoms. The number of carbonyl (C=O) groups excluding carboxylic acids is 1. The Hall–Kier alpha value is -4.00. The number of benzene rings is 4. The SMILES string of the molecule is O=C(OCC1c2ccccc2-c2ccccc21)C1(NCc2ccccc2)CNCCN1c1ccccc1F. The first-order chi connectivity index (χ1) is 18.7. The zero-order chi connectivity index (χ0) is 26.0. The summed E-state index contributed by atoms with van der Waals surface area (Å²) in [4.78, 5) is 15.9. The van der Waals surface area contributed by atoms with E-state index in [9.17, 15) is 4.79 Å². The first-order valence-corrected chi connectivity index (χ1v) is 13.0. The molecule has 4 aromatic rings. The molecule has 4 aromatic carbocycles. The Morgan fingerprint density at radius 1 is 0.895 bits per heavy atom. The first kappa shape index (κ1) is 24.3. The maximum Gasteiger partial charge on any atom is 0.348 e. The fraction of sp³-hybridized carbons (Fsp3) is 0.219. The predicted octanol–water partition coefficient (Wildman–Crippen LogP) is 5.08. The standard InChI is InChI=1S/C32H30FN3O2/c33-29-16-8-9-17-30(29)36-19-18-34-22-32(36,35-20-23-10-2-1-3-11-23)31(37)38-21-28-26-14-6-4-12-24(26)25-13-5-7-15-27(25)28/h1-17,28,34-35H,18-22H2. The summed E-state index contributed by atoms with van der Waals surface area (Å²) < 4.78 is 21.2. The molecule has 1 heterocycles. The lowest BCUT2D eigenvalue weighted by molar-refractivity contribution is -0.152. The second-order valence-corrected chi connectivity index (χ2v) is 9.80. The Labute approximate surface area is 222 Å². The Balaban J connectivity index is 1.32. The number of ether oxygens (including phenoxy) is 1. The van der Waals surface area contributed by atoms with Gasteiger partial charge in [0.15, 0.2) is 0 Å². The summed E-state index contributed by atoms with van der Waals surface area (Å²) in [6.45, 7) is 1.99. The van der Waals surface area contributed by atoms with Gasteiger partial charge in [0.05, 0.1) is 5.69 Å². The van der Waals surface area contributed by atoms with Crippen molar-refractivity contribution in [2.75, 3.05) is 31.1 Å². The Morgan fingerprint density at radius 3 is 2.24 bits per heavy atom. The van der Waals surface area contributed by atoms with Crippen LogP contribution in [-0.2, 0) is 16.1 Å². The number of hydrogen-bond donors (Lipinski definition) is 2. The van der Waals surface area contributed by atoms with Gasteiger partial charge in [0.25, 0.3) is 0 Å². The maximum absolute atomic E-state index is 15.1. The van der Waals surface area contributed by atoms with Crippen LogP contribution in [0.4, 0.5) is 10.1 Å². The number of hydrogen-bond acceptors (Lipinski definition) is 5. The number of fused-ring (bicyclic) bond motifs is 3. The third-order valence-electron chi connectivity index (χ3n) is 7.61. The molecule has 0 spiro atoms. The number of piperazine rings is 1. The molecule has 192 valence electrons. The predicted molar refractivity (Wildman–Crippen MR) is 147 cm³/mol.